The molecule has 60 heavy (non-hydrogen) atoms. The monoisotopic (exact) mass is 831 g/mol. The fraction of sp³-hybridized carbons (Fsp3) is 0.511. The van der Waals surface area contributed by atoms with Gasteiger partial charge in [-0.15, -0.1) is 0 Å². The van der Waals surface area contributed by atoms with E-state index in [1.807, 2.05) is 0 Å². The molecule has 1 unspecified atom stereocenters. The first-order chi connectivity index (χ1) is 28.1. The van der Waals surface area contributed by atoms with Crippen LogP contribution >= 0.6 is 0 Å². The Balaban J connectivity index is 1.56. The predicted molar refractivity (Wildman–Crippen MR) is 211 cm³/mol. The Labute approximate surface area is 348 Å². The zero-order chi connectivity index (χ0) is 44.1. The van der Waals surface area contributed by atoms with Crippen LogP contribution in [0.15, 0.2) is 83.5 Å². The maximum absolute atomic E-state index is 15.4. The first-order valence-corrected chi connectivity index (χ1v) is 19.9. The van der Waals surface area contributed by atoms with Gasteiger partial charge in [0, 0.05) is 37.7 Å². The van der Waals surface area contributed by atoms with Gasteiger partial charge in [-0.25, -0.2) is 9.59 Å². The smallest absolute Gasteiger partial charge is 0.338 e. The van der Waals surface area contributed by atoms with Gasteiger partial charge >= 0.3 is 23.9 Å². The molecule has 4 N–H and O–H groups in total. The quantitative estimate of drug-likeness (QED) is 0.117. The number of rotatable bonds is 10. The van der Waals surface area contributed by atoms with Crippen LogP contribution in [0.25, 0.3) is 0 Å². The van der Waals surface area contributed by atoms with Crippen LogP contribution in [0.4, 0.5) is 0 Å². The minimum absolute atomic E-state index is 0.00140. The Kier molecular flexibility index (Phi) is 12.1. The van der Waals surface area contributed by atoms with Crippen molar-refractivity contribution in [3.8, 4) is 0 Å². The average molecular weight is 832 g/mol. The van der Waals surface area contributed by atoms with Crippen molar-refractivity contribution in [3.05, 3.63) is 94.6 Å². The number of aliphatic hydroxyl groups is 3. The lowest BCUT2D eigenvalue weighted by Gasteiger charge is -2.67. The number of ketones is 1. The number of esters is 4. The highest BCUT2D eigenvalue weighted by atomic mass is 16.6. The minimum Gasteiger partial charge on any atom is -0.456 e. The molecule has 2 bridgehead atoms. The molecule has 2 saturated carbocycles. The van der Waals surface area contributed by atoms with Crippen LogP contribution < -0.4 is 5.32 Å². The van der Waals surface area contributed by atoms with Crippen molar-refractivity contribution in [1.82, 2.24) is 5.32 Å². The highest BCUT2D eigenvalue weighted by Gasteiger charge is 2.78. The van der Waals surface area contributed by atoms with Gasteiger partial charge in [-0.1, -0.05) is 68.5 Å². The fourth-order valence-electron chi connectivity index (χ4n) is 9.75. The maximum atomic E-state index is 15.4. The molecule has 322 valence electrons. The third kappa shape index (κ3) is 7.24. The molecule has 1 aliphatic heterocycles. The molecule has 0 spiro atoms. The van der Waals surface area contributed by atoms with E-state index in [2.05, 4.69) is 5.32 Å². The van der Waals surface area contributed by atoms with Gasteiger partial charge in [-0.05, 0) is 56.5 Å². The van der Waals surface area contributed by atoms with E-state index in [0.29, 0.717) is 11.1 Å². The van der Waals surface area contributed by atoms with Crippen molar-refractivity contribution in [2.75, 3.05) is 6.61 Å². The fourth-order valence-corrected chi connectivity index (χ4v) is 9.75. The van der Waals surface area contributed by atoms with E-state index < -0.39 is 113 Å². The molecule has 6 rings (SSSR count). The standard InChI is InChI=1S/C45H53NO14/c1-9-23(2)39(52)46-33(27-16-12-10-13-17-27)34(50)41(54)58-29-21-45(55)38(59-40(53)28-18-14-11-15-19-28)36-43(8,30(49)20-31-44(36,22-56-31)60-26(5)48)37(51)35(57-25(4)47)32(24(29)3)42(45,6)7/h9-19,29-31,33-36,38,49-50,55H,20-22H2,1-8H3,(H,46,52)/b23-9+/t29-,30+,31+,33-,34+,35+,36?,38-,43+,44-,45+/m0/s1. The summed E-state index contributed by atoms with van der Waals surface area (Å²) in [6.07, 6.45) is -8.88. The number of ether oxygens (including phenoxy) is 5. The third-order valence-electron chi connectivity index (χ3n) is 13.2. The van der Waals surface area contributed by atoms with Crippen molar-refractivity contribution in [2.45, 2.75) is 122 Å². The molecule has 3 aliphatic carbocycles. The second-order valence-electron chi connectivity index (χ2n) is 17.0. The summed E-state index contributed by atoms with van der Waals surface area (Å²) in [6, 6.07) is 14.8. The number of fused-ring (bicyclic) bond motifs is 5. The molecule has 1 amide bonds. The van der Waals surface area contributed by atoms with Gasteiger partial charge < -0.3 is 44.3 Å². The van der Waals surface area contributed by atoms with Gasteiger partial charge in [-0.3, -0.25) is 19.2 Å². The summed E-state index contributed by atoms with van der Waals surface area (Å²) in [4.78, 5) is 82.9. The summed E-state index contributed by atoms with van der Waals surface area (Å²) < 4.78 is 30.2. The second kappa shape index (κ2) is 16.3. The van der Waals surface area contributed by atoms with E-state index in [1.54, 1.807) is 82.3 Å². The number of carbonyl (C=O) groups is 6. The Morgan fingerprint density at radius 1 is 0.917 bits per heavy atom. The van der Waals surface area contributed by atoms with Crippen LogP contribution in [0.5, 0.6) is 0 Å². The number of hydrogen-bond donors (Lipinski definition) is 4. The number of amides is 1. The summed E-state index contributed by atoms with van der Waals surface area (Å²) >= 11 is 0. The lowest BCUT2D eigenvalue weighted by molar-refractivity contribution is -0.346. The van der Waals surface area contributed by atoms with Crippen LogP contribution in [-0.4, -0.2) is 105 Å². The summed E-state index contributed by atoms with van der Waals surface area (Å²) in [5.74, 6) is -6.78. The number of nitrogens with one attached hydrogen (secondary N) is 1. The molecule has 15 nitrogen and oxygen atoms in total. The molecular formula is C45H53NO14. The minimum atomic E-state index is -2.38. The number of benzene rings is 2. The normalized spacial score (nSPS) is 32.9. The Morgan fingerprint density at radius 2 is 1.53 bits per heavy atom. The van der Waals surface area contributed by atoms with Crippen LogP contribution in [0.1, 0.15) is 90.2 Å². The Hall–Kier alpha value is -5.22. The predicted octanol–water partition coefficient (Wildman–Crippen LogP) is 3.39. The molecule has 3 fully saturated rings. The van der Waals surface area contributed by atoms with Crippen molar-refractivity contribution < 1.29 is 67.8 Å². The maximum Gasteiger partial charge on any atom is 0.338 e. The first-order valence-electron chi connectivity index (χ1n) is 19.9. The first kappa shape index (κ1) is 44.3. The van der Waals surface area contributed by atoms with Crippen LogP contribution in [0.3, 0.4) is 0 Å². The molecule has 1 saturated heterocycles. The summed E-state index contributed by atoms with van der Waals surface area (Å²) in [5.41, 5.74) is -6.91. The molecule has 0 aromatic heterocycles. The largest absolute Gasteiger partial charge is 0.456 e. The molecule has 11 atom stereocenters. The lowest BCUT2D eigenvalue weighted by atomic mass is 9.44. The van der Waals surface area contributed by atoms with Crippen molar-refractivity contribution >= 4 is 35.6 Å². The van der Waals surface area contributed by atoms with E-state index >= 15 is 4.79 Å². The summed E-state index contributed by atoms with van der Waals surface area (Å²) in [5, 5.41) is 40.0. The third-order valence-corrected chi connectivity index (χ3v) is 13.2. The van der Waals surface area contributed by atoms with Crippen molar-refractivity contribution in [3.63, 3.8) is 0 Å². The number of allylic oxidation sites excluding steroid dienone is 1. The molecule has 15 heteroatoms. The summed E-state index contributed by atoms with van der Waals surface area (Å²) in [7, 11) is 0. The molecule has 0 radical (unpaired) electrons. The van der Waals surface area contributed by atoms with E-state index in [0.717, 1.165) is 13.8 Å². The van der Waals surface area contributed by atoms with Crippen LogP contribution in [0.2, 0.25) is 0 Å². The zero-order valence-corrected chi connectivity index (χ0v) is 34.9. The number of carbonyl (C=O) groups excluding carboxylic acids is 6. The second-order valence-corrected chi connectivity index (χ2v) is 17.0. The van der Waals surface area contributed by atoms with Gasteiger partial charge in [0.25, 0.3) is 0 Å². The van der Waals surface area contributed by atoms with Crippen molar-refractivity contribution in [2.24, 2.45) is 16.7 Å². The van der Waals surface area contributed by atoms with Gasteiger partial charge in [0.05, 0.1) is 35.6 Å². The number of aliphatic hydroxyl groups excluding tert-OH is 2. The molecule has 4 aliphatic rings. The highest BCUT2D eigenvalue weighted by Crippen LogP contribution is 2.64. The van der Waals surface area contributed by atoms with Gasteiger partial charge in [0.15, 0.2) is 23.6 Å². The van der Waals surface area contributed by atoms with Crippen LogP contribution in [-0.2, 0) is 47.7 Å². The summed E-state index contributed by atoms with van der Waals surface area (Å²) in [6.45, 7) is 11.2. The van der Waals surface area contributed by atoms with Gasteiger partial charge in [0.1, 0.15) is 23.9 Å². The lowest BCUT2D eigenvalue weighted by Crippen LogP contribution is -2.82. The van der Waals surface area contributed by atoms with Crippen LogP contribution in [0, 0.1) is 16.7 Å². The molecule has 2 aromatic carbocycles. The van der Waals surface area contributed by atoms with E-state index in [9.17, 15) is 39.3 Å². The molecular weight excluding hydrogens is 778 g/mol. The van der Waals surface area contributed by atoms with E-state index in [1.165, 1.54) is 26.0 Å². The topological polar surface area (TPSA) is 221 Å². The zero-order valence-electron chi connectivity index (χ0n) is 34.9. The Morgan fingerprint density at radius 3 is 2.08 bits per heavy atom. The average Bonchev–Trinajstić information content (AvgIpc) is 3.20. The van der Waals surface area contributed by atoms with Gasteiger partial charge in [-0.2, -0.15) is 0 Å². The number of Topliss-reactive ketones (excluding diaryl/α,β-unsaturated/α-hetero) is 1. The van der Waals surface area contributed by atoms with Crippen molar-refractivity contribution in [1.29, 1.82) is 0 Å². The highest BCUT2D eigenvalue weighted by molar-refractivity contribution is 5.96. The molecule has 2 aromatic rings. The number of hydrogen-bond acceptors (Lipinski definition) is 14. The van der Waals surface area contributed by atoms with E-state index in [-0.39, 0.29) is 29.7 Å². The molecule has 1 heterocycles. The van der Waals surface area contributed by atoms with Gasteiger partial charge in [0.2, 0.25) is 5.91 Å². The Bertz CT molecular complexity index is 2110. The SMILES string of the molecule is C/C=C(\C)C(=O)N[C@@H](c1ccccc1)[C@@H](O)C(=O)O[C@H]1C[C@@]2(O)[C@@H](OC(=O)c3ccccc3)C3[C@](C)(C(=O)[C@H](OC(C)=O)C(=C1C)C2(C)C)[C@H](O)C[C@H]1OC[C@@]31OC(C)=O. The van der Waals surface area contributed by atoms with E-state index in [4.69, 9.17) is 23.7 Å².